The highest BCUT2D eigenvalue weighted by atomic mass is 35.5. The molecule has 3 aromatic rings. The minimum absolute atomic E-state index is 0.0978. The van der Waals surface area contributed by atoms with Gasteiger partial charge in [-0.1, -0.05) is 53.4 Å². The number of hydrogen-bond donors (Lipinski definition) is 2. The molecule has 2 aliphatic rings. The summed E-state index contributed by atoms with van der Waals surface area (Å²) < 4.78 is 31.9. The lowest BCUT2D eigenvalue weighted by molar-refractivity contribution is 0.0743. The molecule has 2 fully saturated rings. The molecule has 13 heteroatoms. The maximum atomic E-state index is 13.6. The molecule has 39 heavy (non-hydrogen) atoms. The lowest BCUT2D eigenvalue weighted by Crippen LogP contribution is -2.45. The van der Waals surface area contributed by atoms with Crippen molar-refractivity contribution in [1.29, 1.82) is 0 Å². The number of hydrazine groups is 1. The average molecular weight is 612 g/mol. The Morgan fingerprint density at radius 3 is 2.18 bits per heavy atom. The van der Waals surface area contributed by atoms with Gasteiger partial charge < -0.3 is 0 Å². The number of halogens is 3. The van der Waals surface area contributed by atoms with Crippen molar-refractivity contribution in [3.63, 3.8) is 0 Å². The van der Waals surface area contributed by atoms with E-state index in [1.54, 1.807) is 47.1 Å². The summed E-state index contributed by atoms with van der Waals surface area (Å²) in [6.45, 7) is 2.24. The normalized spacial score (nSPS) is 17.0. The molecule has 2 N–H and O–H groups in total. The maximum Gasteiger partial charge on any atom is 0.286 e. The third-order valence-electron chi connectivity index (χ3n) is 6.91. The van der Waals surface area contributed by atoms with Crippen LogP contribution >= 0.6 is 34.8 Å². The van der Waals surface area contributed by atoms with Crippen LogP contribution in [0.25, 0.3) is 16.9 Å². The Morgan fingerprint density at radius 1 is 0.872 bits per heavy atom. The first-order chi connectivity index (χ1) is 18.7. The molecule has 0 unspecified atom stereocenters. The van der Waals surface area contributed by atoms with Crippen molar-refractivity contribution in [2.24, 2.45) is 0 Å². The van der Waals surface area contributed by atoms with Crippen LogP contribution in [0.15, 0.2) is 42.5 Å². The van der Waals surface area contributed by atoms with E-state index in [4.69, 9.17) is 39.9 Å². The van der Waals surface area contributed by atoms with Gasteiger partial charge in [0.2, 0.25) is 0 Å². The summed E-state index contributed by atoms with van der Waals surface area (Å²) in [7, 11) is -3.76. The Bertz CT molecular complexity index is 1450. The van der Waals surface area contributed by atoms with Crippen LogP contribution in [0.2, 0.25) is 15.1 Å². The summed E-state index contributed by atoms with van der Waals surface area (Å²) >= 11 is 18.9. The molecule has 2 aliphatic heterocycles. The lowest BCUT2D eigenvalue weighted by atomic mass is 10.0. The van der Waals surface area contributed by atoms with Crippen molar-refractivity contribution in [2.75, 3.05) is 26.2 Å². The predicted octanol–water partition coefficient (Wildman–Crippen LogP) is 5.06. The van der Waals surface area contributed by atoms with Gasteiger partial charge in [-0.25, -0.2) is 9.69 Å². The van der Waals surface area contributed by atoms with Crippen molar-refractivity contribution in [1.82, 2.24) is 29.2 Å². The number of benzene rings is 2. The van der Waals surface area contributed by atoms with Crippen LogP contribution in [0.5, 0.6) is 0 Å². The summed E-state index contributed by atoms with van der Waals surface area (Å²) in [6.07, 6.45) is 4.70. The van der Waals surface area contributed by atoms with E-state index in [-0.39, 0.29) is 12.2 Å². The number of hydrogen-bond acceptors (Lipinski definition) is 5. The quantitative estimate of drug-likeness (QED) is 0.371. The summed E-state index contributed by atoms with van der Waals surface area (Å²) in [4.78, 5) is 13.6. The average Bonchev–Trinajstić information content (AvgIpc) is 3.58. The van der Waals surface area contributed by atoms with Crippen molar-refractivity contribution >= 4 is 50.9 Å². The number of piperidine rings is 1. The van der Waals surface area contributed by atoms with Gasteiger partial charge in [-0.2, -0.15) is 22.5 Å². The Morgan fingerprint density at radius 2 is 1.51 bits per heavy atom. The van der Waals surface area contributed by atoms with E-state index in [0.29, 0.717) is 50.7 Å². The van der Waals surface area contributed by atoms with E-state index >= 15 is 0 Å². The fourth-order valence-electron chi connectivity index (χ4n) is 4.92. The molecule has 0 radical (unpaired) electrons. The highest BCUT2D eigenvalue weighted by Crippen LogP contribution is 2.34. The number of rotatable bonds is 8. The topological polar surface area (TPSA) is 99.6 Å². The van der Waals surface area contributed by atoms with Gasteiger partial charge in [0, 0.05) is 53.9 Å². The van der Waals surface area contributed by atoms with Crippen LogP contribution in [-0.2, 0) is 16.8 Å². The SMILES string of the molecule is O=C(NN1CCCCC1)c1nn(-c2ccc(Cl)cc2Cl)c(-c2ccc(Cl)cc2)c1CNS(=O)(=O)N1CCCC1. The lowest BCUT2D eigenvalue weighted by Gasteiger charge is -2.26. The monoisotopic (exact) mass is 610 g/mol. The zero-order chi connectivity index (χ0) is 27.6. The van der Waals surface area contributed by atoms with Gasteiger partial charge in [0.1, 0.15) is 0 Å². The molecule has 0 atom stereocenters. The van der Waals surface area contributed by atoms with E-state index in [2.05, 4.69) is 10.1 Å². The van der Waals surface area contributed by atoms with E-state index in [1.807, 2.05) is 5.01 Å². The highest BCUT2D eigenvalue weighted by Gasteiger charge is 2.30. The Labute approximate surface area is 243 Å². The molecule has 1 aromatic heterocycles. The third-order valence-corrected chi connectivity index (χ3v) is 9.25. The fraction of sp³-hybridized carbons (Fsp3) is 0.385. The largest absolute Gasteiger partial charge is 0.286 e. The van der Waals surface area contributed by atoms with E-state index < -0.39 is 16.1 Å². The minimum Gasteiger partial charge on any atom is -0.283 e. The second-order valence-corrected chi connectivity index (χ2v) is 12.6. The van der Waals surface area contributed by atoms with E-state index in [1.165, 1.54) is 4.31 Å². The second kappa shape index (κ2) is 12.1. The molecule has 0 aliphatic carbocycles. The van der Waals surface area contributed by atoms with Crippen LogP contribution < -0.4 is 10.1 Å². The van der Waals surface area contributed by atoms with E-state index in [9.17, 15) is 13.2 Å². The van der Waals surface area contributed by atoms with Crippen molar-refractivity contribution in [3.05, 3.63) is 68.8 Å². The van der Waals surface area contributed by atoms with Gasteiger partial charge in [0.05, 0.1) is 16.4 Å². The van der Waals surface area contributed by atoms with E-state index in [0.717, 1.165) is 45.2 Å². The van der Waals surface area contributed by atoms with Gasteiger partial charge in [0.25, 0.3) is 16.1 Å². The number of amides is 1. The van der Waals surface area contributed by atoms with Crippen LogP contribution in [0.3, 0.4) is 0 Å². The summed E-state index contributed by atoms with van der Waals surface area (Å²) in [5.74, 6) is -0.425. The highest BCUT2D eigenvalue weighted by molar-refractivity contribution is 7.87. The van der Waals surface area contributed by atoms with Crippen molar-refractivity contribution in [2.45, 2.75) is 38.6 Å². The third kappa shape index (κ3) is 6.43. The number of carbonyl (C=O) groups is 1. The molecule has 2 aromatic carbocycles. The number of aromatic nitrogens is 2. The van der Waals surface area contributed by atoms with Crippen LogP contribution in [0.4, 0.5) is 0 Å². The van der Waals surface area contributed by atoms with Gasteiger partial charge in [0.15, 0.2) is 5.69 Å². The standard InChI is InChI=1S/C26H29Cl3N6O3S/c27-19-8-6-18(7-9-19)25-21(17-30-39(37,38)34-14-4-5-15-34)24(26(36)32-33-12-2-1-3-13-33)31-35(25)23-11-10-20(28)16-22(23)29/h6-11,16,30H,1-5,12-15,17H2,(H,32,36). The first-order valence-electron chi connectivity index (χ1n) is 12.9. The second-order valence-electron chi connectivity index (χ2n) is 9.61. The molecular formula is C26H29Cl3N6O3S. The minimum atomic E-state index is -3.76. The number of carbonyl (C=O) groups excluding carboxylic acids is 1. The van der Waals surface area contributed by atoms with Crippen molar-refractivity contribution < 1.29 is 13.2 Å². The molecule has 208 valence electrons. The molecular weight excluding hydrogens is 583 g/mol. The summed E-state index contributed by atoms with van der Waals surface area (Å²) in [6, 6.07) is 12.0. The smallest absolute Gasteiger partial charge is 0.283 e. The molecule has 5 rings (SSSR count). The molecule has 1 amide bonds. The van der Waals surface area contributed by atoms with Gasteiger partial charge in [-0.05, 0) is 56.0 Å². The molecule has 0 spiro atoms. The molecule has 9 nitrogen and oxygen atoms in total. The van der Waals surface area contributed by atoms with Crippen LogP contribution in [0.1, 0.15) is 48.2 Å². The summed E-state index contributed by atoms with van der Waals surface area (Å²) in [5.41, 5.74) is 5.17. The van der Waals surface area contributed by atoms with Gasteiger partial charge >= 0.3 is 0 Å². The predicted molar refractivity (Wildman–Crippen MR) is 153 cm³/mol. The molecule has 0 saturated carbocycles. The molecule has 0 bridgehead atoms. The zero-order valence-electron chi connectivity index (χ0n) is 21.2. The Hall–Kier alpha value is -2.18. The Kier molecular flexibility index (Phi) is 8.82. The van der Waals surface area contributed by atoms with Crippen molar-refractivity contribution in [3.8, 4) is 16.9 Å². The maximum absolute atomic E-state index is 13.6. The number of nitrogens with one attached hydrogen (secondary N) is 2. The number of nitrogens with zero attached hydrogens (tertiary/aromatic N) is 4. The fourth-order valence-corrected chi connectivity index (χ4v) is 6.78. The van der Waals surface area contributed by atoms with Gasteiger partial charge in [-0.3, -0.25) is 10.2 Å². The zero-order valence-corrected chi connectivity index (χ0v) is 24.3. The van der Waals surface area contributed by atoms with Crippen LogP contribution in [0, 0.1) is 0 Å². The first kappa shape index (κ1) is 28.4. The Balaban J connectivity index is 1.63. The molecule has 2 saturated heterocycles. The first-order valence-corrected chi connectivity index (χ1v) is 15.4. The molecule has 3 heterocycles. The summed E-state index contributed by atoms with van der Waals surface area (Å²) in [5, 5.41) is 7.89. The van der Waals surface area contributed by atoms with Gasteiger partial charge in [-0.15, -0.1) is 0 Å². The van der Waals surface area contributed by atoms with Crippen LogP contribution in [-0.4, -0.2) is 59.6 Å².